The summed E-state index contributed by atoms with van der Waals surface area (Å²) in [5.74, 6) is 0.501. The molecule has 110 valence electrons. The van der Waals surface area contributed by atoms with Gasteiger partial charge in [0.1, 0.15) is 5.75 Å². The molecule has 0 bridgehead atoms. The van der Waals surface area contributed by atoms with Crippen LogP contribution in [0, 0.1) is 0 Å². The molecule has 0 heterocycles. The monoisotopic (exact) mass is 278 g/mol. The van der Waals surface area contributed by atoms with Gasteiger partial charge in [0.25, 0.3) is 5.91 Å². The van der Waals surface area contributed by atoms with Crippen molar-refractivity contribution < 1.29 is 14.7 Å². The van der Waals surface area contributed by atoms with Crippen LogP contribution in [-0.2, 0) is 4.79 Å². The number of rotatable bonds is 8. The highest BCUT2D eigenvalue weighted by molar-refractivity contribution is 6.00. The van der Waals surface area contributed by atoms with Gasteiger partial charge in [-0.15, -0.1) is 0 Å². The van der Waals surface area contributed by atoms with E-state index in [2.05, 4.69) is 17.4 Å². The molecule has 2 N–H and O–H groups in total. The number of amides is 1. The van der Waals surface area contributed by atoms with E-state index in [4.69, 9.17) is 9.94 Å². The van der Waals surface area contributed by atoms with Crippen LogP contribution in [-0.4, -0.2) is 30.0 Å². The lowest BCUT2D eigenvalue weighted by atomic mass is 10.1. The van der Waals surface area contributed by atoms with E-state index in [1.807, 2.05) is 19.1 Å². The molecule has 1 amide bonds. The Labute approximate surface area is 119 Å². The third-order valence-corrected chi connectivity index (χ3v) is 2.87. The average Bonchev–Trinajstić information content (AvgIpc) is 2.48. The molecule has 0 fully saturated rings. The van der Waals surface area contributed by atoms with Gasteiger partial charge in [-0.1, -0.05) is 25.4 Å². The minimum atomic E-state index is -0.117. The van der Waals surface area contributed by atoms with Crippen molar-refractivity contribution in [2.75, 3.05) is 13.2 Å². The lowest BCUT2D eigenvalue weighted by Crippen LogP contribution is -2.29. The highest BCUT2D eigenvalue weighted by Gasteiger charge is 2.04. The van der Waals surface area contributed by atoms with Crippen molar-refractivity contribution in [3.05, 3.63) is 29.8 Å². The van der Waals surface area contributed by atoms with Crippen LogP contribution < -0.4 is 10.1 Å². The highest BCUT2D eigenvalue weighted by Crippen LogP contribution is 2.13. The summed E-state index contributed by atoms with van der Waals surface area (Å²) in [6, 6.07) is 7.14. The first kappa shape index (κ1) is 16.0. The van der Waals surface area contributed by atoms with Gasteiger partial charge in [-0.25, -0.2) is 0 Å². The van der Waals surface area contributed by atoms with Crippen molar-refractivity contribution in [3.63, 3.8) is 0 Å². The summed E-state index contributed by atoms with van der Waals surface area (Å²) in [5.41, 5.74) is 1.46. The van der Waals surface area contributed by atoms with Crippen LogP contribution in [0.5, 0.6) is 5.75 Å². The summed E-state index contributed by atoms with van der Waals surface area (Å²) in [5, 5.41) is 14.9. The second kappa shape index (κ2) is 8.96. The van der Waals surface area contributed by atoms with Gasteiger partial charge >= 0.3 is 0 Å². The van der Waals surface area contributed by atoms with Crippen LogP contribution in [0.1, 0.15) is 38.7 Å². The van der Waals surface area contributed by atoms with Gasteiger partial charge in [-0.05, 0) is 42.7 Å². The number of ether oxygens (including phenoxy) is 1. The van der Waals surface area contributed by atoms with Crippen LogP contribution in [0.2, 0.25) is 0 Å². The number of oxime groups is 1. The lowest BCUT2D eigenvalue weighted by Gasteiger charge is -2.08. The van der Waals surface area contributed by atoms with Gasteiger partial charge in [0.15, 0.2) is 6.61 Å². The fourth-order valence-corrected chi connectivity index (χ4v) is 1.68. The maximum Gasteiger partial charge on any atom is 0.257 e. The lowest BCUT2D eigenvalue weighted by molar-refractivity contribution is -0.123. The van der Waals surface area contributed by atoms with E-state index in [9.17, 15) is 4.79 Å². The van der Waals surface area contributed by atoms with Crippen LogP contribution in [0.4, 0.5) is 0 Å². The van der Waals surface area contributed by atoms with Crippen LogP contribution in [0.3, 0.4) is 0 Å². The molecule has 0 aromatic heterocycles. The molecule has 0 aliphatic heterocycles. The molecule has 5 nitrogen and oxygen atoms in total. The largest absolute Gasteiger partial charge is 0.484 e. The van der Waals surface area contributed by atoms with E-state index in [-0.39, 0.29) is 12.5 Å². The predicted octanol–water partition coefficient (Wildman–Crippen LogP) is 2.57. The normalized spacial score (nSPS) is 11.2. The fourth-order valence-electron chi connectivity index (χ4n) is 1.68. The Morgan fingerprint density at radius 2 is 2.00 bits per heavy atom. The highest BCUT2D eigenvalue weighted by atomic mass is 16.5. The summed E-state index contributed by atoms with van der Waals surface area (Å²) >= 11 is 0. The maximum absolute atomic E-state index is 11.5. The summed E-state index contributed by atoms with van der Waals surface area (Å²) in [7, 11) is 0. The number of carbonyl (C=O) groups excluding carboxylic acids is 1. The molecule has 0 saturated carbocycles. The van der Waals surface area contributed by atoms with Gasteiger partial charge in [-0.3, -0.25) is 4.79 Å². The molecule has 0 atom stereocenters. The van der Waals surface area contributed by atoms with Crippen LogP contribution in [0.25, 0.3) is 0 Å². The first-order valence-electron chi connectivity index (χ1n) is 6.92. The second-order valence-electron chi connectivity index (χ2n) is 4.42. The fraction of sp³-hybridized carbons (Fsp3) is 0.467. The van der Waals surface area contributed by atoms with Gasteiger partial charge in [-0.2, -0.15) is 0 Å². The van der Waals surface area contributed by atoms with Crippen molar-refractivity contribution in [1.29, 1.82) is 0 Å². The van der Waals surface area contributed by atoms with E-state index >= 15 is 0 Å². The summed E-state index contributed by atoms with van der Waals surface area (Å²) in [6.45, 7) is 4.69. The number of benzene rings is 1. The zero-order chi connectivity index (χ0) is 14.8. The average molecular weight is 278 g/mol. The number of carbonyl (C=O) groups is 1. The molecule has 0 unspecified atom stereocenters. The van der Waals surface area contributed by atoms with Gasteiger partial charge in [0, 0.05) is 6.54 Å². The number of nitrogens with one attached hydrogen (secondary N) is 1. The minimum Gasteiger partial charge on any atom is -0.484 e. The third-order valence-electron chi connectivity index (χ3n) is 2.87. The molecular weight excluding hydrogens is 256 g/mol. The van der Waals surface area contributed by atoms with Gasteiger partial charge < -0.3 is 15.3 Å². The zero-order valence-corrected chi connectivity index (χ0v) is 12.1. The molecule has 1 aromatic rings. The molecule has 5 heteroatoms. The molecule has 20 heavy (non-hydrogen) atoms. The molecule has 0 radical (unpaired) electrons. The first-order valence-corrected chi connectivity index (χ1v) is 6.92. The second-order valence-corrected chi connectivity index (χ2v) is 4.42. The predicted molar refractivity (Wildman–Crippen MR) is 78.5 cm³/mol. The number of hydrogen-bond donors (Lipinski definition) is 2. The topological polar surface area (TPSA) is 70.9 Å². The van der Waals surface area contributed by atoms with E-state index in [0.29, 0.717) is 24.4 Å². The van der Waals surface area contributed by atoms with Crippen molar-refractivity contribution in [2.24, 2.45) is 5.16 Å². The summed E-state index contributed by atoms with van der Waals surface area (Å²) in [4.78, 5) is 11.5. The Hall–Kier alpha value is -2.04. The standard InChI is InChI=1S/C15H22N2O3/c1-3-5-10-16-15(18)11-20-13-8-6-12(7-9-13)14(4-2)17-19/h6-9,19H,3-5,10-11H2,1-2H3,(H,16,18). The van der Waals surface area contributed by atoms with E-state index in [1.165, 1.54) is 0 Å². The Morgan fingerprint density at radius 1 is 1.30 bits per heavy atom. The van der Waals surface area contributed by atoms with Gasteiger partial charge in [0.2, 0.25) is 0 Å². The van der Waals surface area contributed by atoms with E-state index in [1.54, 1.807) is 12.1 Å². The zero-order valence-electron chi connectivity index (χ0n) is 12.1. The minimum absolute atomic E-state index is 0.0117. The quantitative estimate of drug-likeness (QED) is 0.332. The third kappa shape index (κ3) is 5.30. The van der Waals surface area contributed by atoms with Crippen molar-refractivity contribution in [2.45, 2.75) is 33.1 Å². The Bertz CT molecular complexity index is 441. The summed E-state index contributed by atoms with van der Waals surface area (Å²) < 4.78 is 5.39. The Morgan fingerprint density at radius 3 is 2.55 bits per heavy atom. The molecule has 0 aliphatic rings. The molecule has 0 aliphatic carbocycles. The molecular formula is C15H22N2O3. The SMILES string of the molecule is CCCCNC(=O)COc1ccc(C(CC)=NO)cc1. The van der Waals surface area contributed by atoms with Gasteiger partial charge in [0.05, 0.1) is 5.71 Å². The smallest absolute Gasteiger partial charge is 0.257 e. The van der Waals surface area contributed by atoms with Crippen molar-refractivity contribution in [1.82, 2.24) is 5.32 Å². The number of nitrogens with zero attached hydrogens (tertiary/aromatic N) is 1. The van der Waals surface area contributed by atoms with E-state index < -0.39 is 0 Å². The first-order chi connectivity index (χ1) is 9.71. The summed E-state index contributed by atoms with van der Waals surface area (Å²) in [6.07, 6.45) is 2.67. The van der Waals surface area contributed by atoms with Crippen LogP contribution >= 0.6 is 0 Å². The Kier molecular flexibility index (Phi) is 7.17. The van der Waals surface area contributed by atoms with Crippen molar-refractivity contribution in [3.8, 4) is 5.75 Å². The maximum atomic E-state index is 11.5. The number of hydrogen-bond acceptors (Lipinski definition) is 4. The molecule has 0 spiro atoms. The van der Waals surface area contributed by atoms with Crippen molar-refractivity contribution >= 4 is 11.6 Å². The van der Waals surface area contributed by atoms with E-state index in [0.717, 1.165) is 18.4 Å². The van der Waals surface area contributed by atoms with Crippen LogP contribution in [0.15, 0.2) is 29.4 Å². The Balaban J connectivity index is 2.44. The molecule has 1 aromatic carbocycles. The molecule has 1 rings (SSSR count). The molecule has 0 saturated heterocycles. The number of unbranched alkanes of at least 4 members (excludes halogenated alkanes) is 1.